The van der Waals surface area contributed by atoms with Crippen LogP contribution in [0.25, 0.3) is 11.3 Å². The minimum absolute atomic E-state index is 0.176. The Kier molecular flexibility index (Phi) is 4.73. The second-order valence-corrected chi connectivity index (χ2v) is 5.90. The third-order valence-electron chi connectivity index (χ3n) is 3.69. The average Bonchev–Trinajstić information content (AvgIpc) is 2.98. The SMILES string of the molecule is Cc1oc(-c2ccc(Cl)cc2[N+](=O)[O-])cc1C(=O)Nc1ccc(F)cc1. The number of aryl methyl sites for hydroxylation is 1. The van der Waals surface area contributed by atoms with Gasteiger partial charge < -0.3 is 9.73 Å². The van der Waals surface area contributed by atoms with E-state index in [0.29, 0.717) is 11.4 Å². The largest absolute Gasteiger partial charge is 0.460 e. The van der Waals surface area contributed by atoms with E-state index < -0.39 is 16.6 Å². The number of anilines is 1. The zero-order valence-electron chi connectivity index (χ0n) is 13.5. The maximum Gasteiger partial charge on any atom is 0.281 e. The molecule has 0 aliphatic rings. The molecule has 132 valence electrons. The number of nitrogens with zero attached hydrogens (tertiary/aromatic N) is 1. The van der Waals surface area contributed by atoms with Crippen molar-refractivity contribution in [1.29, 1.82) is 0 Å². The lowest BCUT2D eigenvalue weighted by Gasteiger charge is -2.03. The summed E-state index contributed by atoms with van der Waals surface area (Å²) in [5, 5.41) is 14.1. The molecular formula is C18H12ClFN2O4. The molecule has 0 saturated heterocycles. The molecule has 0 fully saturated rings. The molecule has 0 aliphatic heterocycles. The van der Waals surface area contributed by atoms with Gasteiger partial charge in [-0.15, -0.1) is 0 Å². The number of hydrogen-bond acceptors (Lipinski definition) is 4. The summed E-state index contributed by atoms with van der Waals surface area (Å²) in [5.74, 6) is -0.417. The van der Waals surface area contributed by atoms with E-state index in [9.17, 15) is 19.3 Å². The van der Waals surface area contributed by atoms with Crippen LogP contribution in [0, 0.1) is 22.9 Å². The molecule has 0 aliphatic carbocycles. The predicted octanol–water partition coefficient (Wildman–Crippen LogP) is 5.21. The van der Waals surface area contributed by atoms with Crippen molar-refractivity contribution in [2.24, 2.45) is 0 Å². The number of carbonyl (C=O) groups excluding carboxylic acids is 1. The topological polar surface area (TPSA) is 85.4 Å². The van der Waals surface area contributed by atoms with Crippen LogP contribution in [0.4, 0.5) is 15.8 Å². The normalized spacial score (nSPS) is 10.6. The number of nitro groups is 1. The number of carbonyl (C=O) groups is 1. The Labute approximate surface area is 152 Å². The Morgan fingerprint density at radius 3 is 2.54 bits per heavy atom. The van der Waals surface area contributed by atoms with E-state index >= 15 is 0 Å². The number of nitro benzene ring substituents is 1. The van der Waals surface area contributed by atoms with Crippen molar-refractivity contribution < 1.29 is 18.5 Å². The Hall–Kier alpha value is -3.19. The minimum Gasteiger partial charge on any atom is -0.460 e. The molecule has 0 saturated carbocycles. The Morgan fingerprint density at radius 2 is 1.88 bits per heavy atom. The van der Waals surface area contributed by atoms with Crippen LogP contribution in [-0.2, 0) is 0 Å². The van der Waals surface area contributed by atoms with Crippen LogP contribution in [0.2, 0.25) is 5.02 Å². The first kappa shape index (κ1) is 17.6. The van der Waals surface area contributed by atoms with Crippen LogP contribution in [0.15, 0.2) is 52.9 Å². The molecular weight excluding hydrogens is 363 g/mol. The molecule has 26 heavy (non-hydrogen) atoms. The van der Waals surface area contributed by atoms with Crippen LogP contribution in [0.1, 0.15) is 16.1 Å². The average molecular weight is 375 g/mol. The van der Waals surface area contributed by atoms with Gasteiger partial charge in [0.15, 0.2) is 0 Å². The maximum atomic E-state index is 12.9. The van der Waals surface area contributed by atoms with Crippen molar-refractivity contribution in [3.63, 3.8) is 0 Å². The molecule has 2 aromatic carbocycles. The third kappa shape index (κ3) is 3.57. The van der Waals surface area contributed by atoms with Gasteiger partial charge in [-0.25, -0.2) is 4.39 Å². The molecule has 8 heteroatoms. The van der Waals surface area contributed by atoms with E-state index in [-0.39, 0.29) is 27.6 Å². The van der Waals surface area contributed by atoms with Gasteiger partial charge in [0.25, 0.3) is 11.6 Å². The summed E-state index contributed by atoms with van der Waals surface area (Å²) in [6, 6.07) is 10.9. The molecule has 1 amide bonds. The van der Waals surface area contributed by atoms with E-state index in [1.807, 2.05) is 0 Å². The zero-order chi connectivity index (χ0) is 18.8. The summed E-state index contributed by atoms with van der Waals surface area (Å²) in [6.07, 6.45) is 0. The van der Waals surface area contributed by atoms with Gasteiger partial charge in [-0.1, -0.05) is 11.6 Å². The Bertz CT molecular complexity index is 999. The van der Waals surface area contributed by atoms with Gasteiger partial charge in [-0.05, 0) is 49.4 Å². The number of halogens is 2. The number of hydrogen-bond donors (Lipinski definition) is 1. The molecule has 6 nitrogen and oxygen atoms in total. The van der Waals surface area contributed by atoms with Crippen LogP contribution in [0.5, 0.6) is 0 Å². The second-order valence-electron chi connectivity index (χ2n) is 5.46. The van der Waals surface area contributed by atoms with Crippen LogP contribution >= 0.6 is 11.6 Å². The van der Waals surface area contributed by atoms with Crippen molar-refractivity contribution in [3.8, 4) is 11.3 Å². The summed E-state index contributed by atoms with van der Waals surface area (Å²) in [7, 11) is 0. The van der Waals surface area contributed by atoms with Crippen molar-refractivity contribution in [2.45, 2.75) is 6.92 Å². The van der Waals surface area contributed by atoms with Gasteiger partial charge >= 0.3 is 0 Å². The number of rotatable bonds is 4. The highest BCUT2D eigenvalue weighted by molar-refractivity contribution is 6.30. The molecule has 3 rings (SSSR count). The molecule has 0 bridgehead atoms. The van der Waals surface area contributed by atoms with Crippen molar-refractivity contribution in [3.05, 3.63) is 80.8 Å². The van der Waals surface area contributed by atoms with Crippen LogP contribution < -0.4 is 5.32 Å². The lowest BCUT2D eigenvalue weighted by molar-refractivity contribution is -0.384. The van der Waals surface area contributed by atoms with Gasteiger partial charge in [0.2, 0.25) is 0 Å². The monoisotopic (exact) mass is 374 g/mol. The first-order valence-corrected chi connectivity index (χ1v) is 7.84. The first-order chi connectivity index (χ1) is 12.3. The van der Waals surface area contributed by atoms with Gasteiger partial charge in [-0.3, -0.25) is 14.9 Å². The quantitative estimate of drug-likeness (QED) is 0.502. The van der Waals surface area contributed by atoms with Gasteiger partial charge in [-0.2, -0.15) is 0 Å². The number of furan rings is 1. The summed E-state index contributed by atoms with van der Waals surface area (Å²) in [5.41, 5.74) is 0.615. The minimum atomic E-state index is -0.572. The second kappa shape index (κ2) is 6.97. The summed E-state index contributed by atoms with van der Waals surface area (Å²) >= 11 is 5.81. The van der Waals surface area contributed by atoms with Crippen molar-refractivity contribution in [2.75, 3.05) is 5.32 Å². The predicted molar refractivity (Wildman–Crippen MR) is 94.9 cm³/mol. The first-order valence-electron chi connectivity index (χ1n) is 7.47. The molecule has 0 unspecified atom stereocenters. The van der Waals surface area contributed by atoms with Crippen molar-refractivity contribution in [1.82, 2.24) is 0 Å². The van der Waals surface area contributed by atoms with Gasteiger partial charge in [0.1, 0.15) is 17.3 Å². The van der Waals surface area contributed by atoms with E-state index in [1.165, 1.54) is 48.5 Å². The van der Waals surface area contributed by atoms with E-state index in [1.54, 1.807) is 6.92 Å². The summed E-state index contributed by atoms with van der Waals surface area (Å²) in [6.45, 7) is 1.57. The zero-order valence-corrected chi connectivity index (χ0v) is 14.2. The number of amides is 1. The lowest BCUT2D eigenvalue weighted by atomic mass is 10.1. The van der Waals surface area contributed by atoms with E-state index in [2.05, 4.69) is 5.32 Å². The number of benzene rings is 2. The van der Waals surface area contributed by atoms with Crippen LogP contribution in [-0.4, -0.2) is 10.8 Å². The highest BCUT2D eigenvalue weighted by atomic mass is 35.5. The molecule has 3 aromatic rings. The van der Waals surface area contributed by atoms with E-state index in [4.69, 9.17) is 16.0 Å². The summed E-state index contributed by atoms with van der Waals surface area (Å²) in [4.78, 5) is 23.1. The molecule has 0 atom stereocenters. The molecule has 1 N–H and O–H groups in total. The molecule has 1 heterocycles. The molecule has 0 spiro atoms. The van der Waals surface area contributed by atoms with Gasteiger partial charge in [0.05, 0.1) is 16.1 Å². The fourth-order valence-corrected chi connectivity index (χ4v) is 2.60. The summed E-state index contributed by atoms with van der Waals surface area (Å²) < 4.78 is 18.5. The number of nitrogens with one attached hydrogen (secondary N) is 1. The standard InChI is InChI=1S/C18H12ClFN2O4/c1-10-15(18(23)21-13-5-3-12(20)4-6-13)9-17(26-10)14-7-2-11(19)8-16(14)22(24)25/h2-9H,1H3,(H,21,23). The maximum absolute atomic E-state index is 12.9. The third-order valence-corrected chi connectivity index (χ3v) is 3.92. The van der Waals surface area contributed by atoms with E-state index in [0.717, 1.165) is 0 Å². The molecule has 1 aromatic heterocycles. The Balaban J connectivity index is 1.93. The lowest BCUT2D eigenvalue weighted by Crippen LogP contribution is -2.11. The van der Waals surface area contributed by atoms with Crippen molar-refractivity contribution >= 4 is 28.9 Å². The molecule has 0 radical (unpaired) electrons. The Morgan fingerprint density at radius 1 is 1.19 bits per heavy atom. The smallest absolute Gasteiger partial charge is 0.281 e. The highest BCUT2D eigenvalue weighted by Crippen LogP contribution is 2.34. The fraction of sp³-hybridized carbons (Fsp3) is 0.0556. The van der Waals surface area contributed by atoms with Gasteiger partial charge in [0, 0.05) is 16.8 Å². The fourth-order valence-electron chi connectivity index (χ4n) is 2.44. The van der Waals surface area contributed by atoms with Crippen LogP contribution in [0.3, 0.4) is 0 Å². The highest BCUT2D eigenvalue weighted by Gasteiger charge is 2.22.